The molecule has 1 fully saturated rings. The lowest BCUT2D eigenvalue weighted by molar-refractivity contribution is -0.385. The van der Waals surface area contributed by atoms with Gasteiger partial charge in [0.05, 0.1) is 23.6 Å². The van der Waals surface area contributed by atoms with Crippen molar-refractivity contribution in [3.8, 4) is 0 Å². The summed E-state index contributed by atoms with van der Waals surface area (Å²) in [5.41, 5.74) is -0.914. The maximum atomic E-state index is 11.8. The molecule has 0 unspecified atom stereocenters. The average molecular weight is 254 g/mol. The molecule has 8 nitrogen and oxygen atoms in total. The highest BCUT2D eigenvalue weighted by atomic mass is 16.6. The number of carbonyl (C=O) groups is 1. The standard InChI is InChI=1S/C10H14N4O4/c1-2-10(16)6-12(7-10)9(15)5-13-4-8(3-11-13)14(17)18/h3-4,16H,2,5-7H2,1H3. The van der Waals surface area contributed by atoms with E-state index in [4.69, 9.17) is 0 Å². The summed E-state index contributed by atoms with van der Waals surface area (Å²) in [6, 6.07) is 0. The van der Waals surface area contributed by atoms with Gasteiger partial charge >= 0.3 is 5.69 Å². The first-order valence-electron chi connectivity index (χ1n) is 5.60. The molecule has 0 spiro atoms. The summed E-state index contributed by atoms with van der Waals surface area (Å²) >= 11 is 0. The van der Waals surface area contributed by atoms with Crippen LogP contribution in [0.1, 0.15) is 13.3 Å². The molecule has 1 saturated heterocycles. The first kappa shape index (κ1) is 12.5. The minimum absolute atomic E-state index is 0.0480. The first-order valence-corrected chi connectivity index (χ1v) is 5.60. The third-order valence-electron chi connectivity index (χ3n) is 3.11. The number of nitro groups is 1. The number of hydrogen-bond acceptors (Lipinski definition) is 5. The van der Waals surface area contributed by atoms with Gasteiger partial charge in [0, 0.05) is 0 Å². The molecule has 1 aromatic heterocycles. The Morgan fingerprint density at radius 1 is 1.67 bits per heavy atom. The highest BCUT2D eigenvalue weighted by Gasteiger charge is 2.41. The van der Waals surface area contributed by atoms with Crippen molar-refractivity contribution >= 4 is 11.6 Å². The second kappa shape index (κ2) is 4.37. The Kier molecular flexibility index (Phi) is 3.04. The van der Waals surface area contributed by atoms with Crippen molar-refractivity contribution in [3.05, 3.63) is 22.5 Å². The zero-order chi connectivity index (χ0) is 13.3. The van der Waals surface area contributed by atoms with Gasteiger partial charge in [-0.2, -0.15) is 5.10 Å². The quantitative estimate of drug-likeness (QED) is 0.591. The van der Waals surface area contributed by atoms with Crippen LogP contribution in [0.5, 0.6) is 0 Å². The van der Waals surface area contributed by atoms with E-state index in [-0.39, 0.29) is 18.1 Å². The molecule has 0 aromatic carbocycles. The van der Waals surface area contributed by atoms with Crippen LogP contribution in [0.15, 0.2) is 12.4 Å². The van der Waals surface area contributed by atoms with Gasteiger partial charge in [0.1, 0.15) is 18.9 Å². The lowest BCUT2D eigenvalue weighted by Gasteiger charge is -2.46. The zero-order valence-electron chi connectivity index (χ0n) is 9.94. The second-order valence-corrected chi connectivity index (χ2v) is 4.48. The van der Waals surface area contributed by atoms with Crippen LogP contribution < -0.4 is 0 Å². The van der Waals surface area contributed by atoms with Crippen LogP contribution in [0.25, 0.3) is 0 Å². The fourth-order valence-electron chi connectivity index (χ4n) is 1.84. The molecule has 2 rings (SSSR count). The lowest BCUT2D eigenvalue weighted by atomic mass is 9.91. The number of aliphatic hydroxyl groups is 1. The normalized spacial score (nSPS) is 17.3. The third-order valence-corrected chi connectivity index (χ3v) is 3.11. The van der Waals surface area contributed by atoms with Gasteiger partial charge in [0.15, 0.2) is 0 Å². The summed E-state index contributed by atoms with van der Waals surface area (Å²) in [7, 11) is 0. The van der Waals surface area contributed by atoms with Crippen LogP contribution in [-0.4, -0.2) is 49.3 Å². The van der Waals surface area contributed by atoms with Gasteiger partial charge < -0.3 is 10.0 Å². The summed E-state index contributed by atoms with van der Waals surface area (Å²) in [5, 5.41) is 24.0. The van der Waals surface area contributed by atoms with Crippen LogP contribution in [0.2, 0.25) is 0 Å². The molecule has 0 saturated carbocycles. The van der Waals surface area contributed by atoms with Crippen LogP contribution in [0.4, 0.5) is 5.69 Å². The van der Waals surface area contributed by atoms with E-state index < -0.39 is 10.5 Å². The Labute approximate surface area is 103 Å². The van der Waals surface area contributed by atoms with Crippen LogP contribution in [0.3, 0.4) is 0 Å². The fraction of sp³-hybridized carbons (Fsp3) is 0.600. The molecule has 1 aliphatic rings. The van der Waals surface area contributed by atoms with E-state index in [1.165, 1.54) is 15.8 Å². The largest absolute Gasteiger partial charge is 0.386 e. The van der Waals surface area contributed by atoms with Crippen molar-refractivity contribution in [1.29, 1.82) is 0 Å². The number of amides is 1. The molecular formula is C10H14N4O4. The lowest BCUT2D eigenvalue weighted by Crippen LogP contribution is -2.63. The topological polar surface area (TPSA) is 102 Å². The van der Waals surface area contributed by atoms with Crippen molar-refractivity contribution in [2.24, 2.45) is 0 Å². The molecule has 1 N–H and O–H groups in total. The van der Waals surface area contributed by atoms with E-state index in [2.05, 4.69) is 5.10 Å². The van der Waals surface area contributed by atoms with Crippen molar-refractivity contribution in [1.82, 2.24) is 14.7 Å². The van der Waals surface area contributed by atoms with E-state index in [1.54, 1.807) is 0 Å². The van der Waals surface area contributed by atoms with Gasteiger partial charge in [-0.1, -0.05) is 6.92 Å². The van der Waals surface area contributed by atoms with Crippen molar-refractivity contribution in [2.45, 2.75) is 25.5 Å². The molecule has 8 heteroatoms. The molecule has 0 aliphatic carbocycles. The zero-order valence-corrected chi connectivity index (χ0v) is 9.94. The Bertz CT molecular complexity index is 478. The molecule has 1 aromatic rings. The Morgan fingerprint density at radius 3 is 2.83 bits per heavy atom. The first-order chi connectivity index (χ1) is 8.43. The average Bonchev–Trinajstić information content (AvgIpc) is 2.73. The molecule has 18 heavy (non-hydrogen) atoms. The van der Waals surface area contributed by atoms with Gasteiger partial charge in [0.25, 0.3) is 0 Å². The van der Waals surface area contributed by atoms with Crippen LogP contribution in [0, 0.1) is 10.1 Å². The highest BCUT2D eigenvalue weighted by Crippen LogP contribution is 2.24. The van der Waals surface area contributed by atoms with Gasteiger partial charge in [-0.25, -0.2) is 0 Å². The van der Waals surface area contributed by atoms with Crippen LogP contribution >= 0.6 is 0 Å². The predicted molar refractivity (Wildman–Crippen MR) is 60.7 cm³/mol. The van der Waals surface area contributed by atoms with E-state index in [0.29, 0.717) is 19.5 Å². The van der Waals surface area contributed by atoms with Crippen LogP contribution in [-0.2, 0) is 11.3 Å². The Hall–Kier alpha value is -1.96. The van der Waals surface area contributed by atoms with Crippen molar-refractivity contribution in [3.63, 3.8) is 0 Å². The number of hydrogen-bond donors (Lipinski definition) is 1. The van der Waals surface area contributed by atoms with Gasteiger partial charge in [-0.3, -0.25) is 19.6 Å². The SMILES string of the molecule is CCC1(O)CN(C(=O)Cn2cc([N+](=O)[O-])cn2)C1. The smallest absolute Gasteiger partial charge is 0.307 e. The molecule has 98 valence electrons. The summed E-state index contributed by atoms with van der Waals surface area (Å²) < 4.78 is 1.23. The van der Waals surface area contributed by atoms with E-state index in [9.17, 15) is 20.0 Å². The molecule has 0 atom stereocenters. The van der Waals surface area contributed by atoms with Gasteiger partial charge in [-0.05, 0) is 6.42 Å². The van der Waals surface area contributed by atoms with Crippen molar-refractivity contribution < 1.29 is 14.8 Å². The molecule has 2 heterocycles. The monoisotopic (exact) mass is 254 g/mol. The maximum absolute atomic E-state index is 11.8. The molecule has 0 radical (unpaired) electrons. The molecular weight excluding hydrogens is 240 g/mol. The Morgan fingerprint density at radius 2 is 2.33 bits per heavy atom. The predicted octanol–water partition coefficient (Wildman–Crippen LogP) is -0.225. The number of carbonyl (C=O) groups excluding carboxylic acids is 1. The van der Waals surface area contributed by atoms with Gasteiger partial charge in [-0.15, -0.1) is 0 Å². The highest BCUT2D eigenvalue weighted by molar-refractivity contribution is 5.77. The number of aromatic nitrogens is 2. The molecule has 1 aliphatic heterocycles. The van der Waals surface area contributed by atoms with Gasteiger partial charge in [0.2, 0.25) is 5.91 Å². The summed E-state index contributed by atoms with van der Waals surface area (Å²) in [5.74, 6) is -0.203. The number of β-amino-alcohol motifs (C(OH)–C–C–N with tert-alkyl or cyclic N) is 1. The Balaban J connectivity index is 1.90. The fourth-order valence-corrected chi connectivity index (χ4v) is 1.84. The number of likely N-dealkylation sites (tertiary alicyclic amines) is 1. The number of rotatable bonds is 4. The summed E-state index contributed by atoms with van der Waals surface area (Å²) in [6.45, 7) is 2.43. The maximum Gasteiger partial charge on any atom is 0.307 e. The summed E-state index contributed by atoms with van der Waals surface area (Å²) in [6.07, 6.45) is 2.92. The minimum Gasteiger partial charge on any atom is -0.386 e. The molecule has 0 bridgehead atoms. The minimum atomic E-state index is -0.772. The molecule has 1 amide bonds. The van der Waals surface area contributed by atoms with E-state index in [1.807, 2.05) is 6.92 Å². The second-order valence-electron chi connectivity index (χ2n) is 4.48. The van der Waals surface area contributed by atoms with Crippen molar-refractivity contribution in [2.75, 3.05) is 13.1 Å². The number of nitrogens with zero attached hydrogens (tertiary/aromatic N) is 4. The van der Waals surface area contributed by atoms with E-state index in [0.717, 1.165) is 6.20 Å². The third kappa shape index (κ3) is 2.33. The van der Waals surface area contributed by atoms with E-state index >= 15 is 0 Å². The summed E-state index contributed by atoms with van der Waals surface area (Å²) in [4.78, 5) is 23.2.